The van der Waals surface area contributed by atoms with E-state index in [1.165, 1.54) is 58.3 Å². The molecule has 0 spiro atoms. The van der Waals surface area contributed by atoms with E-state index in [9.17, 15) is 0 Å². The van der Waals surface area contributed by atoms with E-state index < -0.39 is 0 Å². The molecule has 0 radical (unpaired) electrons. The summed E-state index contributed by atoms with van der Waals surface area (Å²) in [4.78, 5) is 2.79. The maximum absolute atomic E-state index is 3.55. The molecule has 2 heteroatoms. The third kappa shape index (κ3) is 3.49. The van der Waals surface area contributed by atoms with Gasteiger partial charge in [-0.05, 0) is 61.7 Å². The first-order valence-corrected chi connectivity index (χ1v) is 8.72. The van der Waals surface area contributed by atoms with Crippen LogP contribution in [-0.4, -0.2) is 37.1 Å². The molecule has 116 valence electrons. The van der Waals surface area contributed by atoms with Crippen molar-refractivity contribution in [2.24, 2.45) is 5.41 Å². The first kappa shape index (κ1) is 15.1. The van der Waals surface area contributed by atoms with Gasteiger partial charge in [-0.1, -0.05) is 38.1 Å². The lowest BCUT2D eigenvalue weighted by atomic mass is 9.84. The third-order valence-corrected chi connectivity index (χ3v) is 5.39. The normalized spacial score (nSPS) is 28.8. The second kappa shape index (κ2) is 6.50. The summed E-state index contributed by atoms with van der Waals surface area (Å²) in [5, 5.41) is 3.55. The fourth-order valence-corrected chi connectivity index (χ4v) is 4.16. The molecule has 1 saturated heterocycles. The molecule has 2 atom stereocenters. The van der Waals surface area contributed by atoms with E-state index in [2.05, 4.69) is 48.3 Å². The summed E-state index contributed by atoms with van der Waals surface area (Å²) in [6.07, 6.45) is 6.44. The Morgan fingerprint density at radius 2 is 2.10 bits per heavy atom. The second-order valence-electron chi connectivity index (χ2n) is 7.37. The molecule has 1 aliphatic heterocycles. The monoisotopic (exact) mass is 286 g/mol. The van der Waals surface area contributed by atoms with Crippen LogP contribution in [0.5, 0.6) is 0 Å². The minimum Gasteiger partial charge on any atom is -0.316 e. The van der Waals surface area contributed by atoms with Crippen molar-refractivity contribution < 1.29 is 0 Å². The van der Waals surface area contributed by atoms with Gasteiger partial charge in [0.25, 0.3) is 0 Å². The van der Waals surface area contributed by atoms with Gasteiger partial charge in [0.05, 0.1) is 0 Å². The van der Waals surface area contributed by atoms with Crippen LogP contribution < -0.4 is 5.32 Å². The zero-order valence-corrected chi connectivity index (χ0v) is 13.7. The molecule has 2 unspecified atom stereocenters. The van der Waals surface area contributed by atoms with E-state index in [1.807, 2.05) is 0 Å². The van der Waals surface area contributed by atoms with Gasteiger partial charge in [-0.25, -0.2) is 0 Å². The van der Waals surface area contributed by atoms with E-state index in [0.29, 0.717) is 5.41 Å². The van der Waals surface area contributed by atoms with Crippen LogP contribution in [0.3, 0.4) is 0 Å². The molecular weight excluding hydrogens is 256 g/mol. The van der Waals surface area contributed by atoms with Crippen LogP contribution in [0, 0.1) is 5.41 Å². The molecular formula is C19H30N2. The van der Waals surface area contributed by atoms with Gasteiger partial charge >= 0.3 is 0 Å². The molecule has 0 bridgehead atoms. The van der Waals surface area contributed by atoms with Crippen molar-refractivity contribution in [2.75, 3.05) is 26.2 Å². The molecule has 2 aliphatic rings. The van der Waals surface area contributed by atoms with Crippen LogP contribution in [0.2, 0.25) is 0 Å². The second-order valence-corrected chi connectivity index (χ2v) is 7.37. The zero-order chi connectivity index (χ0) is 14.7. The fourth-order valence-electron chi connectivity index (χ4n) is 4.16. The van der Waals surface area contributed by atoms with Crippen molar-refractivity contribution in [3.05, 3.63) is 35.4 Å². The van der Waals surface area contributed by atoms with Crippen LogP contribution in [0.1, 0.15) is 44.2 Å². The van der Waals surface area contributed by atoms with Gasteiger partial charge in [0.2, 0.25) is 0 Å². The molecule has 0 amide bonds. The van der Waals surface area contributed by atoms with Crippen LogP contribution in [0.4, 0.5) is 0 Å². The Bertz CT molecular complexity index is 462. The molecule has 0 aromatic heterocycles. The van der Waals surface area contributed by atoms with Gasteiger partial charge in [0.15, 0.2) is 0 Å². The molecule has 3 rings (SSSR count). The van der Waals surface area contributed by atoms with Gasteiger partial charge in [-0.3, -0.25) is 4.90 Å². The van der Waals surface area contributed by atoms with Crippen molar-refractivity contribution in [1.82, 2.24) is 10.2 Å². The molecule has 1 aromatic carbocycles. The highest BCUT2D eigenvalue weighted by atomic mass is 15.2. The lowest BCUT2D eigenvalue weighted by molar-refractivity contribution is 0.118. The standard InChI is InChI=1S/C19H30N2/c1-3-12-21(15-19(2)10-11-20-14-19)18-9-8-16-6-4-5-7-17(16)13-18/h4-7,18,20H,3,8-15H2,1-2H3. The quantitative estimate of drug-likeness (QED) is 0.894. The highest BCUT2D eigenvalue weighted by molar-refractivity contribution is 5.30. The van der Waals surface area contributed by atoms with E-state index in [-0.39, 0.29) is 0 Å². The molecule has 21 heavy (non-hydrogen) atoms. The predicted octanol–water partition coefficient (Wildman–Crippen LogP) is 3.26. The minimum absolute atomic E-state index is 0.478. The summed E-state index contributed by atoms with van der Waals surface area (Å²) in [6, 6.07) is 9.79. The lowest BCUT2D eigenvalue weighted by Gasteiger charge is -2.39. The summed E-state index contributed by atoms with van der Waals surface area (Å²) in [5.41, 5.74) is 3.65. The minimum atomic E-state index is 0.478. The van der Waals surface area contributed by atoms with Crippen molar-refractivity contribution in [3.63, 3.8) is 0 Å². The van der Waals surface area contributed by atoms with Gasteiger partial charge in [0, 0.05) is 19.1 Å². The number of hydrogen-bond donors (Lipinski definition) is 1. The van der Waals surface area contributed by atoms with Crippen LogP contribution in [0.25, 0.3) is 0 Å². The SMILES string of the molecule is CCCN(CC1(C)CCNC1)C1CCc2ccccc2C1. The van der Waals surface area contributed by atoms with Crippen molar-refractivity contribution in [2.45, 2.75) is 52.0 Å². The van der Waals surface area contributed by atoms with E-state index >= 15 is 0 Å². The maximum atomic E-state index is 3.55. The Labute approximate surface area is 129 Å². The van der Waals surface area contributed by atoms with E-state index in [0.717, 1.165) is 6.04 Å². The Hall–Kier alpha value is -0.860. The number of hydrogen-bond acceptors (Lipinski definition) is 2. The van der Waals surface area contributed by atoms with Crippen LogP contribution in [0.15, 0.2) is 24.3 Å². The smallest absolute Gasteiger partial charge is 0.0139 e. The Kier molecular flexibility index (Phi) is 4.66. The highest BCUT2D eigenvalue weighted by Crippen LogP contribution is 2.30. The average Bonchev–Trinajstić information content (AvgIpc) is 2.93. The Balaban J connectivity index is 1.70. The van der Waals surface area contributed by atoms with Crippen LogP contribution >= 0.6 is 0 Å². The number of fused-ring (bicyclic) bond motifs is 1. The third-order valence-electron chi connectivity index (χ3n) is 5.39. The first-order chi connectivity index (χ1) is 10.2. The molecule has 1 aromatic rings. The predicted molar refractivity (Wildman–Crippen MR) is 89.7 cm³/mol. The highest BCUT2D eigenvalue weighted by Gasteiger charge is 2.33. The summed E-state index contributed by atoms with van der Waals surface area (Å²) >= 11 is 0. The van der Waals surface area contributed by atoms with Gasteiger partial charge in [-0.2, -0.15) is 0 Å². The number of benzene rings is 1. The Morgan fingerprint density at radius 3 is 2.81 bits per heavy atom. The summed E-state index contributed by atoms with van der Waals surface area (Å²) in [5.74, 6) is 0. The first-order valence-electron chi connectivity index (χ1n) is 8.72. The maximum Gasteiger partial charge on any atom is 0.0139 e. The summed E-state index contributed by atoms with van der Waals surface area (Å²) < 4.78 is 0. The number of rotatable bonds is 5. The number of nitrogens with zero attached hydrogens (tertiary/aromatic N) is 1. The van der Waals surface area contributed by atoms with Gasteiger partial charge in [0.1, 0.15) is 0 Å². The lowest BCUT2D eigenvalue weighted by Crippen LogP contribution is -2.46. The van der Waals surface area contributed by atoms with Crippen molar-refractivity contribution >= 4 is 0 Å². The molecule has 1 aliphatic carbocycles. The number of nitrogens with one attached hydrogen (secondary N) is 1. The van der Waals surface area contributed by atoms with E-state index in [1.54, 1.807) is 11.1 Å². The van der Waals surface area contributed by atoms with E-state index in [4.69, 9.17) is 0 Å². The largest absolute Gasteiger partial charge is 0.316 e. The van der Waals surface area contributed by atoms with Gasteiger partial charge < -0.3 is 5.32 Å². The van der Waals surface area contributed by atoms with Crippen molar-refractivity contribution in [3.8, 4) is 0 Å². The number of aryl methyl sites for hydroxylation is 1. The molecule has 2 nitrogen and oxygen atoms in total. The zero-order valence-electron chi connectivity index (χ0n) is 13.7. The Morgan fingerprint density at radius 1 is 1.29 bits per heavy atom. The molecule has 1 N–H and O–H groups in total. The summed E-state index contributed by atoms with van der Waals surface area (Å²) in [7, 11) is 0. The van der Waals surface area contributed by atoms with Gasteiger partial charge in [-0.15, -0.1) is 0 Å². The fraction of sp³-hybridized carbons (Fsp3) is 0.684. The summed E-state index contributed by atoms with van der Waals surface area (Å²) in [6.45, 7) is 9.69. The van der Waals surface area contributed by atoms with Crippen molar-refractivity contribution in [1.29, 1.82) is 0 Å². The van der Waals surface area contributed by atoms with Crippen LogP contribution in [-0.2, 0) is 12.8 Å². The topological polar surface area (TPSA) is 15.3 Å². The molecule has 0 saturated carbocycles. The molecule has 1 heterocycles. The average molecular weight is 286 g/mol. The molecule has 1 fully saturated rings.